The molecule has 2 aromatic heterocycles. The molecular weight excluding hydrogens is 393 g/mol. The van der Waals surface area contributed by atoms with Crippen LogP contribution in [0, 0.1) is 27.7 Å². The van der Waals surface area contributed by atoms with E-state index in [1.807, 2.05) is 0 Å². The van der Waals surface area contributed by atoms with Crippen molar-refractivity contribution in [2.24, 2.45) is 4.88 Å². The second-order valence-corrected chi connectivity index (χ2v) is 10.9. The standard InChI is InChI=1S/C22H40N7P/c1-13(2)26-17(9)18(10)27(14(3)4)21(26)30(25-24-23)22-28(15(5)6)19(11)20(12)29(22)16(7)8/h13-16H,1-12H3/q+2. The van der Waals surface area contributed by atoms with E-state index in [1.54, 1.807) is 0 Å². The van der Waals surface area contributed by atoms with Crippen LogP contribution in [0.2, 0.25) is 0 Å². The minimum atomic E-state index is -1.29. The number of hydrogen-bond donors (Lipinski definition) is 0. The second kappa shape index (κ2) is 9.11. The highest BCUT2D eigenvalue weighted by molar-refractivity contribution is 7.70. The van der Waals surface area contributed by atoms with E-state index in [-0.39, 0.29) is 24.2 Å². The second-order valence-electron chi connectivity index (χ2n) is 9.29. The zero-order valence-corrected chi connectivity index (χ0v) is 21.8. The molecule has 7 nitrogen and oxygen atoms in total. The molecule has 0 radical (unpaired) electrons. The molecule has 0 amide bonds. The molecule has 0 spiro atoms. The predicted molar refractivity (Wildman–Crippen MR) is 125 cm³/mol. The summed E-state index contributed by atoms with van der Waals surface area (Å²) in [5.74, 6) is 0. The molecule has 0 aliphatic rings. The third-order valence-corrected chi connectivity index (χ3v) is 7.81. The average molecular weight is 434 g/mol. The van der Waals surface area contributed by atoms with Crippen molar-refractivity contribution in [3.05, 3.63) is 33.2 Å². The van der Waals surface area contributed by atoms with Crippen LogP contribution in [0.15, 0.2) is 4.88 Å². The number of azide groups is 1. The number of nitrogens with zero attached hydrogens (tertiary/aromatic N) is 7. The summed E-state index contributed by atoms with van der Waals surface area (Å²) in [6.07, 6.45) is 0. The van der Waals surface area contributed by atoms with Crippen LogP contribution in [0.3, 0.4) is 0 Å². The molecule has 2 aromatic rings. The van der Waals surface area contributed by atoms with E-state index in [9.17, 15) is 5.53 Å². The summed E-state index contributed by atoms with van der Waals surface area (Å²) < 4.78 is 9.51. The van der Waals surface area contributed by atoms with Crippen LogP contribution in [-0.2, 0) is 0 Å². The van der Waals surface area contributed by atoms with Crippen LogP contribution in [0.25, 0.3) is 10.4 Å². The molecule has 0 fully saturated rings. The Kier molecular flexibility index (Phi) is 7.42. The fraction of sp³-hybridized carbons (Fsp3) is 0.727. The van der Waals surface area contributed by atoms with Gasteiger partial charge in [0, 0.05) is 32.6 Å². The van der Waals surface area contributed by atoms with Crippen LogP contribution in [0.1, 0.15) is 102 Å². The zero-order chi connectivity index (χ0) is 23.1. The third-order valence-electron chi connectivity index (χ3n) is 5.93. The fourth-order valence-corrected chi connectivity index (χ4v) is 7.38. The Hall–Kier alpha value is -1.84. The molecule has 0 saturated carbocycles. The fourth-order valence-electron chi connectivity index (χ4n) is 4.62. The maximum atomic E-state index is 9.67. The lowest BCUT2D eigenvalue weighted by atomic mass is 10.3. The molecule has 0 atom stereocenters. The average Bonchev–Trinajstić information content (AvgIpc) is 3.04. The molecule has 0 aromatic carbocycles. The van der Waals surface area contributed by atoms with Crippen molar-refractivity contribution in [3.63, 3.8) is 0 Å². The normalized spacial score (nSPS) is 12.2. The van der Waals surface area contributed by atoms with Crippen molar-refractivity contribution < 1.29 is 9.13 Å². The molecule has 0 bridgehead atoms. The van der Waals surface area contributed by atoms with Crippen molar-refractivity contribution in [1.82, 2.24) is 9.13 Å². The van der Waals surface area contributed by atoms with Gasteiger partial charge >= 0.3 is 0 Å². The number of hydrogen-bond acceptors (Lipinski definition) is 1. The molecule has 2 heterocycles. The first-order valence-corrected chi connectivity index (χ1v) is 12.3. The number of imidazole rings is 2. The summed E-state index contributed by atoms with van der Waals surface area (Å²) in [7, 11) is -1.29. The van der Waals surface area contributed by atoms with Gasteiger partial charge in [0.05, 0.1) is 24.2 Å². The van der Waals surface area contributed by atoms with Crippen LogP contribution in [-0.4, -0.2) is 9.13 Å². The Labute approximate surface area is 183 Å². The van der Waals surface area contributed by atoms with E-state index in [4.69, 9.17) is 0 Å². The minimum Gasteiger partial charge on any atom is -0.225 e. The predicted octanol–water partition coefficient (Wildman–Crippen LogP) is 5.08. The van der Waals surface area contributed by atoms with E-state index >= 15 is 0 Å². The quantitative estimate of drug-likeness (QED) is 0.192. The van der Waals surface area contributed by atoms with E-state index in [2.05, 4.69) is 111 Å². The van der Waals surface area contributed by atoms with Gasteiger partial charge in [0.1, 0.15) is 22.8 Å². The molecule has 2 rings (SSSR count). The van der Waals surface area contributed by atoms with Gasteiger partial charge in [-0.25, -0.2) is 18.3 Å². The molecule has 30 heavy (non-hydrogen) atoms. The lowest BCUT2D eigenvalue weighted by Crippen LogP contribution is -2.58. The molecule has 0 unspecified atom stereocenters. The van der Waals surface area contributed by atoms with Crippen molar-refractivity contribution in [2.75, 3.05) is 0 Å². The Bertz CT molecular complexity index is 840. The summed E-state index contributed by atoms with van der Waals surface area (Å²) in [5.41, 5.74) is 16.9. The summed E-state index contributed by atoms with van der Waals surface area (Å²) in [5, 5.41) is 0. The number of aromatic nitrogens is 4. The summed E-state index contributed by atoms with van der Waals surface area (Å²) >= 11 is 0. The van der Waals surface area contributed by atoms with Gasteiger partial charge in [-0.3, -0.25) is 0 Å². The lowest BCUT2D eigenvalue weighted by Gasteiger charge is -2.17. The number of rotatable bonds is 7. The van der Waals surface area contributed by atoms with E-state index in [0.717, 1.165) is 11.1 Å². The molecule has 0 saturated heterocycles. The van der Waals surface area contributed by atoms with Gasteiger partial charge in [0.2, 0.25) is 8.07 Å². The first-order chi connectivity index (χ1) is 13.9. The van der Waals surface area contributed by atoms with Crippen molar-refractivity contribution in [2.45, 2.75) is 107 Å². The van der Waals surface area contributed by atoms with Gasteiger partial charge in [-0.2, -0.15) is 0 Å². The highest BCUT2D eigenvalue weighted by atomic mass is 31.1. The van der Waals surface area contributed by atoms with Gasteiger partial charge in [-0.05, 0) is 65.8 Å². The summed E-state index contributed by atoms with van der Waals surface area (Å²) in [4.78, 5) is 7.88. The first kappa shape index (κ1) is 24.4. The summed E-state index contributed by atoms with van der Waals surface area (Å²) in [6, 6.07) is 1.09. The lowest BCUT2D eigenvalue weighted by molar-refractivity contribution is -0.707. The van der Waals surface area contributed by atoms with Crippen molar-refractivity contribution >= 4 is 19.2 Å². The Morgan fingerprint density at radius 1 is 0.733 bits per heavy atom. The van der Waals surface area contributed by atoms with Gasteiger partial charge in [-0.15, -0.1) is 0 Å². The smallest absolute Gasteiger partial charge is 0.225 e. The topological polar surface area (TPSA) is 66.4 Å². The largest absolute Gasteiger partial charge is 0.296 e. The molecular formula is C22H40N7P+2. The van der Waals surface area contributed by atoms with E-state index in [0.29, 0.717) is 0 Å². The molecule has 0 aliphatic heterocycles. The Morgan fingerprint density at radius 3 is 1.30 bits per heavy atom. The molecule has 8 heteroatoms. The molecule has 0 aliphatic carbocycles. The molecule has 0 N–H and O–H groups in total. The maximum Gasteiger partial charge on any atom is 0.296 e. The SMILES string of the molecule is Cc1c(C)[n+](C(C)C)c(P(N=[N+]=[N-])c2n(C(C)C)c(C)c(C)[n+]2C(C)C)n1C(C)C. The maximum absolute atomic E-state index is 9.67. The van der Waals surface area contributed by atoms with Crippen LogP contribution in [0.5, 0.6) is 0 Å². The zero-order valence-electron chi connectivity index (χ0n) is 20.9. The van der Waals surface area contributed by atoms with Crippen LogP contribution in [0.4, 0.5) is 0 Å². The highest BCUT2D eigenvalue weighted by Crippen LogP contribution is 2.37. The summed E-state index contributed by atoms with van der Waals surface area (Å²) in [6.45, 7) is 26.4. The van der Waals surface area contributed by atoms with Crippen molar-refractivity contribution in [3.8, 4) is 0 Å². The van der Waals surface area contributed by atoms with E-state index < -0.39 is 8.07 Å². The van der Waals surface area contributed by atoms with Crippen molar-refractivity contribution in [1.29, 1.82) is 0 Å². The third kappa shape index (κ3) is 3.90. The van der Waals surface area contributed by atoms with Gasteiger partial charge in [0.25, 0.3) is 11.1 Å². The van der Waals surface area contributed by atoms with Gasteiger partial charge in [-0.1, -0.05) is 0 Å². The monoisotopic (exact) mass is 433 g/mol. The minimum absolute atomic E-state index is 0.273. The van der Waals surface area contributed by atoms with E-state index in [1.165, 1.54) is 22.8 Å². The highest BCUT2D eigenvalue weighted by Gasteiger charge is 2.44. The first-order valence-electron chi connectivity index (χ1n) is 11.0. The van der Waals surface area contributed by atoms with Crippen LogP contribution < -0.4 is 20.3 Å². The Morgan fingerprint density at radius 2 is 1.07 bits per heavy atom. The van der Waals surface area contributed by atoms with Crippen LogP contribution >= 0.6 is 8.07 Å². The van der Waals surface area contributed by atoms with Gasteiger partial charge < -0.3 is 0 Å². The molecule has 166 valence electrons. The Balaban J connectivity index is 3.10. The van der Waals surface area contributed by atoms with Gasteiger partial charge in [0.15, 0.2) is 0 Å².